The fraction of sp³-hybridized carbons (Fsp3) is 0.333. The van der Waals surface area contributed by atoms with Crippen molar-refractivity contribution in [1.82, 2.24) is 16.0 Å². The second-order valence-corrected chi connectivity index (χ2v) is 6.63. The Morgan fingerprint density at radius 2 is 1.81 bits per heavy atom. The van der Waals surface area contributed by atoms with Crippen molar-refractivity contribution in [3.8, 4) is 0 Å². The molecule has 1 fully saturated rings. The van der Waals surface area contributed by atoms with Crippen LogP contribution >= 0.6 is 0 Å². The number of imide groups is 1. The smallest absolute Gasteiger partial charge is 0.425 e. The van der Waals surface area contributed by atoms with Gasteiger partial charge in [-0.1, -0.05) is 30.3 Å². The van der Waals surface area contributed by atoms with E-state index < -0.39 is 72.6 Å². The van der Waals surface area contributed by atoms with Crippen molar-refractivity contribution in [2.24, 2.45) is 0 Å². The number of hydrogen-bond acceptors (Lipinski definition) is 8. The van der Waals surface area contributed by atoms with E-state index in [1.165, 1.54) is 0 Å². The molecule has 1 aromatic carbocycles. The van der Waals surface area contributed by atoms with Crippen molar-refractivity contribution >= 4 is 35.9 Å². The molecule has 0 spiro atoms. The van der Waals surface area contributed by atoms with E-state index in [4.69, 9.17) is 9.84 Å². The Morgan fingerprint density at radius 3 is 2.35 bits per heavy atom. The molecular weight excluding hydrogens is 416 g/mol. The second kappa shape index (κ2) is 10.2. The molecule has 2 atom stereocenters. The van der Waals surface area contributed by atoms with Crippen LogP contribution in [0.5, 0.6) is 0 Å². The molecule has 0 aliphatic carbocycles. The molecule has 13 nitrogen and oxygen atoms in total. The van der Waals surface area contributed by atoms with Gasteiger partial charge in [-0.2, -0.15) is 4.48 Å². The van der Waals surface area contributed by atoms with Crippen molar-refractivity contribution in [1.29, 1.82) is 0 Å². The highest BCUT2D eigenvalue weighted by Gasteiger charge is 2.53. The van der Waals surface area contributed by atoms with Gasteiger partial charge in [0, 0.05) is 12.4 Å². The molecule has 1 aliphatic heterocycles. The predicted octanol–water partition coefficient (Wildman–Crippen LogP) is -2.35. The number of urea groups is 1. The molecular formula is C18H20N4O9. The summed E-state index contributed by atoms with van der Waals surface area (Å²) in [6, 6.07) is 7.62. The minimum atomic E-state index is -1.61. The zero-order valence-electron chi connectivity index (χ0n) is 16.2. The lowest BCUT2D eigenvalue weighted by Gasteiger charge is -2.26. The molecule has 1 aromatic rings. The van der Waals surface area contributed by atoms with E-state index in [1.807, 2.05) is 0 Å². The number of nitrogens with one attached hydrogen (secondary N) is 3. The normalized spacial score (nSPS) is 18.6. The Hall–Kier alpha value is -4.00. The minimum Gasteiger partial charge on any atom is -0.550 e. The third kappa shape index (κ3) is 6.50. The standard InChI is InChI=1S/C18H20N4O9/c23-13(8-22(9-16(27)28)14(24)7-19-17(22)29)20-12(6-15(25)26)21-18(30)31-10-11-4-2-1-3-5-11/h1-5,12H,6-10H2,(H4-,19,20,21,23,25,26,27,28,29,30). The number of alkyl carbamates (subject to hydrolysis) is 1. The molecule has 0 bridgehead atoms. The highest BCUT2D eigenvalue weighted by atomic mass is 16.5. The summed E-state index contributed by atoms with van der Waals surface area (Å²) in [4.78, 5) is 70.5. The summed E-state index contributed by atoms with van der Waals surface area (Å²) in [7, 11) is 0. The molecule has 1 saturated heterocycles. The van der Waals surface area contributed by atoms with Crippen LogP contribution in [-0.2, 0) is 30.5 Å². The van der Waals surface area contributed by atoms with Gasteiger partial charge in [0.1, 0.15) is 19.3 Å². The van der Waals surface area contributed by atoms with E-state index >= 15 is 0 Å². The van der Waals surface area contributed by atoms with Gasteiger partial charge in [0.2, 0.25) is 0 Å². The summed E-state index contributed by atoms with van der Waals surface area (Å²) in [5.74, 6) is -4.99. The maximum atomic E-state index is 12.4. The first kappa shape index (κ1) is 23.3. The summed E-state index contributed by atoms with van der Waals surface area (Å²) in [5, 5.41) is 26.4. The first-order valence-electron chi connectivity index (χ1n) is 8.99. The van der Waals surface area contributed by atoms with Gasteiger partial charge in [-0.25, -0.2) is 19.2 Å². The second-order valence-electron chi connectivity index (χ2n) is 6.63. The predicted molar refractivity (Wildman–Crippen MR) is 97.4 cm³/mol. The zero-order valence-corrected chi connectivity index (χ0v) is 16.2. The third-order valence-electron chi connectivity index (χ3n) is 4.29. The Kier molecular flexibility index (Phi) is 7.63. The van der Waals surface area contributed by atoms with Gasteiger partial charge in [-0.15, -0.1) is 0 Å². The molecule has 0 saturated carbocycles. The molecule has 2 rings (SSSR count). The highest BCUT2D eigenvalue weighted by molar-refractivity contribution is 5.96. The minimum absolute atomic E-state index is 0.119. The van der Waals surface area contributed by atoms with Crippen LogP contribution in [-0.4, -0.2) is 71.3 Å². The number of carbonyl (C=O) groups excluding carboxylic acids is 5. The van der Waals surface area contributed by atoms with Crippen LogP contribution in [0.2, 0.25) is 0 Å². The monoisotopic (exact) mass is 436 g/mol. The zero-order chi connectivity index (χ0) is 23.0. The summed E-state index contributed by atoms with van der Waals surface area (Å²) >= 11 is 0. The van der Waals surface area contributed by atoms with Crippen LogP contribution in [0.15, 0.2) is 30.3 Å². The Labute approximate surface area is 175 Å². The van der Waals surface area contributed by atoms with Crippen molar-refractivity contribution in [3.05, 3.63) is 35.9 Å². The molecule has 13 heteroatoms. The summed E-state index contributed by atoms with van der Waals surface area (Å²) in [6.07, 6.45) is -3.38. The summed E-state index contributed by atoms with van der Waals surface area (Å²) in [6.45, 7) is -2.45. The van der Waals surface area contributed by atoms with Crippen molar-refractivity contribution < 1.29 is 48.2 Å². The van der Waals surface area contributed by atoms with E-state index in [0.29, 0.717) is 5.56 Å². The number of ether oxygens (including phenoxy) is 1. The van der Waals surface area contributed by atoms with Crippen molar-refractivity contribution in [2.75, 3.05) is 19.6 Å². The fourth-order valence-corrected chi connectivity index (χ4v) is 2.87. The average molecular weight is 436 g/mol. The Morgan fingerprint density at radius 1 is 1.13 bits per heavy atom. The molecule has 0 radical (unpaired) electrons. The van der Waals surface area contributed by atoms with Crippen LogP contribution < -0.4 is 21.1 Å². The first-order valence-corrected chi connectivity index (χ1v) is 8.99. The molecule has 31 heavy (non-hydrogen) atoms. The van der Waals surface area contributed by atoms with Gasteiger partial charge in [0.15, 0.2) is 13.1 Å². The lowest BCUT2D eigenvalue weighted by Crippen LogP contribution is -2.62. The first-order chi connectivity index (χ1) is 14.6. The number of aliphatic carboxylic acids is 2. The molecule has 5 amide bonds. The quantitative estimate of drug-likeness (QED) is 0.177. The van der Waals surface area contributed by atoms with Crippen LogP contribution in [0.3, 0.4) is 0 Å². The van der Waals surface area contributed by atoms with E-state index in [1.54, 1.807) is 30.3 Å². The molecule has 4 N–H and O–H groups in total. The van der Waals surface area contributed by atoms with Gasteiger partial charge in [0.25, 0.3) is 5.91 Å². The van der Waals surface area contributed by atoms with Gasteiger partial charge in [-0.05, 0) is 5.56 Å². The van der Waals surface area contributed by atoms with E-state index in [0.717, 1.165) is 0 Å². The van der Waals surface area contributed by atoms with Crippen LogP contribution in [0.4, 0.5) is 9.59 Å². The lowest BCUT2D eigenvalue weighted by molar-refractivity contribution is -0.750. The maximum Gasteiger partial charge on any atom is 0.425 e. The highest BCUT2D eigenvalue weighted by Crippen LogP contribution is 2.14. The fourth-order valence-electron chi connectivity index (χ4n) is 2.87. The number of benzene rings is 1. The van der Waals surface area contributed by atoms with Crippen LogP contribution in [0, 0.1) is 0 Å². The number of carboxylic acid groups (broad SMARTS) is 2. The van der Waals surface area contributed by atoms with Gasteiger partial charge in [-0.3, -0.25) is 10.1 Å². The number of amides is 5. The topological polar surface area (TPSA) is 191 Å². The van der Waals surface area contributed by atoms with E-state index in [-0.39, 0.29) is 6.61 Å². The number of carboxylic acids is 2. The molecule has 2 unspecified atom stereocenters. The van der Waals surface area contributed by atoms with Crippen molar-refractivity contribution in [3.63, 3.8) is 0 Å². The van der Waals surface area contributed by atoms with Gasteiger partial charge in [0.05, 0.1) is 0 Å². The largest absolute Gasteiger partial charge is 0.550 e. The van der Waals surface area contributed by atoms with Gasteiger partial charge < -0.3 is 30.4 Å². The number of nitrogens with zero attached hydrogens (tertiary/aromatic N) is 1. The number of carbonyl (C=O) groups is 6. The third-order valence-corrected chi connectivity index (χ3v) is 4.29. The van der Waals surface area contributed by atoms with Gasteiger partial charge >= 0.3 is 24.0 Å². The van der Waals surface area contributed by atoms with Crippen LogP contribution in [0.1, 0.15) is 12.0 Å². The van der Waals surface area contributed by atoms with E-state index in [2.05, 4.69) is 16.0 Å². The molecule has 0 aromatic heterocycles. The van der Waals surface area contributed by atoms with E-state index in [9.17, 15) is 33.9 Å². The number of rotatable bonds is 10. The SMILES string of the molecule is O=C([O-])CC(NC(=O)C[N+]1(CC(=O)O)C(=O)CNC1=O)NC(=O)OCc1ccccc1. The Balaban J connectivity index is 2.01. The molecule has 1 aliphatic rings. The number of hydrogen-bond donors (Lipinski definition) is 4. The lowest BCUT2D eigenvalue weighted by atomic mass is 10.2. The molecule has 1 heterocycles. The number of quaternary nitrogens is 1. The van der Waals surface area contributed by atoms with Crippen molar-refractivity contribution in [2.45, 2.75) is 19.2 Å². The Bertz CT molecular complexity index is 871. The maximum absolute atomic E-state index is 12.4. The summed E-state index contributed by atoms with van der Waals surface area (Å²) in [5.41, 5.74) is 0.664. The summed E-state index contributed by atoms with van der Waals surface area (Å²) < 4.78 is 3.63. The average Bonchev–Trinajstić information content (AvgIpc) is 2.94. The molecule has 166 valence electrons. The van der Waals surface area contributed by atoms with Crippen LogP contribution in [0.25, 0.3) is 0 Å².